The molecule has 5 nitrogen and oxygen atoms in total. The molecule has 3 heterocycles. The van der Waals surface area contributed by atoms with Gasteiger partial charge in [-0.15, -0.1) is 12.4 Å². The summed E-state index contributed by atoms with van der Waals surface area (Å²) >= 11 is 0. The SMILES string of the molecule is CCc1cc(CN2CCN3[C@@H](COC[C@@H]3c3ccccc3)C2)on1.Cl. The number of nitrogens with zero attached hydrogens (tertiary/aromatic N) is 3. The van der Waals surface area contributed by atoms with Crippen LogP contribution >= 0.6 is 12.4 Å². The van der Waals surface area contributed by atoms with Crippen molar-refractivity contribution in [2.45, 2.75) is 32.0 Å². The zero-order chi connectivity index (χ0) is 16.4. The molecule has 0 bridgehead atoms. The summed E-state index contributed by atoms with van der Waals surface area (Å²) in [6, 6.07) is 13.6. The van der Waals surface area contributed by atoms with Crippen molar-refractivity contribution in [2.24, 2.45) is 0 Å². The van der Waals surface area contributed by atoms with Crippen molar-refractivity contribution in [2.75, 3.05) is 32.8 Å². The molecule has 0 amide bonds. The molecule has 136 valence electrons. The minimum Gasteiger partial charge on any atom is -0.378 e. The van der Waals surface area contributed by atoms with E-state index in [-0.39, 0.29) is 12.4 Å². The molecule has 0 aliphatic carbocycles. The van der Waals surface area contributed by atoms with Crippen molar-refractivity contribution >= 4 is 12.4 Å². The van der Waals surface area contributed by atoms with Gasteiger partial charge in [-0.3, -0.25) is 9.80 Å². The number of ether oxygens (including phenoxy) is 1. The Kier molecular flexibility index (Phi) is 6.12. The van der Waals surface area contributed by atoms with Crippen molar-refractivity contribution in [1.82, 2.24) is 15.0 Å². The third-order valence-corrected chi connectivity index (χ3v) is 5.13. The van der Waals surface area contributed by atoms with E-state index in [1.165, 1.54) is 5.56 Å². The van der Waals surface area contributed by atoms with E-state index in [4.69, 9.17) is 9.26 Å². The quantitative estimate of drug-likeness (QED) is 0.835. The zero-order valence-electron chi connectivity index (χ0n) is 14.6. The maximum atomic E-state index is 5.92. The van der Waals surface area contributed by atoms with Crippen molar-refractivity contribution in [3.05, 3.63) is 53.4 Å². The van der Waals surface area contributed by atoms with Gasteiger partial charge in [-0.05, 0) is 12.0 Å². The fourth-order valence-electron chi connectivity index (χ4n) is 3.83. The Hall–Kier alpha value is -1.40. The van der Waals surface area contributed by atoms with Crippen LogP contribution in [0.3, 0.4) is 0 Å². The molecular weight excluding hydrogens is 338 g/mol. The lowest BCUT2D eigenvalue weighted by Gasteiger charge is -2.48. The van der Waals surface area contributed by atoms with Crippen LogP contribution in [0.2, 0.25) is 0 Å². The Morgan fingerprint density at radius 3 is 2.76 bits per heavy atom. The maximum Gasteiger partial charge on any atom is 0.150 e. The van der Waals surface area contributed by atoms with Gasteiger partial charge in [0.1, 0.15) is 0 Å². The van der Waals surface area contributed by atoms with Crippen LogP contribution in [-0.2, 0) is 17.7 Å². The lowest BCUT2D eigenvalue weighted by Crippen LogP contribution is -2.58. The largest absolute Gasteiger partial charge is 0.378 e. The highest BCUT2D eigenvalue weighted by molar-refractivity contribution is 5.85. The Morgan fingerprint density at radius 2 is 2.00 bits per heavy atom. The number of aryl methyl sites for hydroxylation is 1. The number of halogens is 1. The van der Waals surface area contributed by atoms with E-state index in [9.17, 15) is 0 Å². The number of fused-ring (bicyclic) bond motifs is 1. The summed E-state index contributed by atoms with van der Waals surface area (Å²) in [6.07, 6.45) is 0.923. The van der Waals surface area contributed by atoms with Gasteiger partial charge in [0.25, 0.3) is 0 Å². The van der Waals surface area contributed by atoms with Crippen LogP contribution in [0, 0.1) is 0 Å². The molecule has 2 aliphatic rings. The first-order valence-electron chi connectivity index (χ1n) is 8.88. The van der Waals surface area contributed by atoms with Gasteiger partial charge < -0.3 is 9.26 Å². The van der Waals surface area contributed by atoms with E-state index in [1.807, 2.05) is 0 Å². The zero-order valence-corrected chi connectivity index (χ0v) is 15.5. The van der Waals surface area contributed by atoms with E-state index in [2.05, 4.69) is 58.3 Å². The van der Waals surface area contributed by atoms with E-state index >= 15 is 0 Å². The molecule has 1 aromatic heterocycles. The van der Waals surface area contributed by atoms with E-state index < -0.39 is 0 Å². The lowest BCUT2D eigenvalue weighted by atomic mass is 10.00. The fraction of sp³-hybridized carbons (Fsp3) is 0.526. The Bertz CT molecular complexity index is 664. The van der Waals surface area contributed by atoms with Crippen molar-refractivity contribution in [3.8, 4) is 0 Å². The molecule has 0 radical (unpaired) electrons. The molecular formula is C19H26ClN3O2. The molecule has 2 saturated heterocycles. The highest BCUT2D eigenvalue weighted by Crippen LogP contribution is 2.29. The van der Waals surface area contributed by atoms with Crippen LogP contribution in [0.15, 0.2) is 40.9 Å². The van der Waals surface area contributed by atoms with Gasteiger partial charge in [-0.2, -0.15) is 0 Å². The molecule has 0 spiro atoms. The average molecular weight is 364 g/mol. The topological polar surface area (TPSA) is 41.7 Å². The van der Waals surface area contributed by atoms with Crippen LogP contribution < -0.4 is 0 Å². The fourth-order valence-corrected chi connectivity index (χ4v) is 3.83. The molecule has 25 heavy (non-hydrogen) atoms. The molecule has 0 N–H and O–H groups in total. The maximum absolute atomic E-state index is 5.92. The molecule has 2 aromatic rings. The number of rotatable bonds is 4. The summed E-state index contributed by atoms with van der Waals surface area (Å²) in [7, 11) is 0. The number of benzene rings is 1. The van der Waals surface area contributed by atoms with Crippen molar-refractivity contribution in [1.29, 1.82) is 0 Å². The number of piperazine rings is 1. The lowest BCUT2D eigenvalue weighted by molar-refractivity contribution is -0.0844. The Labute approximate surface area is 155 Å². The second kappa shape index (κ2) is 8.32. The number of morpholine rings is 1. The van der Waals surface area contributed by atoms with E-state index in [0.29, 0.717) is 12.1 Å². The van der Waals surface area contributed by atoms with Crippen LogP contribution in [-0.4, -0.2) is 53.8 Å². The number of hydrogen-bond donors (Lipinski definition) is 0. The van der Waals surface area contributed by atoms with E-state index in [0.717, 1.165) is 57.3 Å². The highest BCUT2D eigenvalue weighted by Gasteiger charge is 2.36. The van der Waals surface area contributed by atoms with Crippen molar-refractivity contribution in [3.63, 3.8) is 0 Å². The van der Waals surface area contributed by atoms with Crippen molar-refractivity contribution < 1.29 is 9.26 Å². The molecule has 1 aromatic carbocycles. The Morgan fingerprint density at radius 1 is 1.16 bits per heavy atom. The molecule has 2 fully saturated rings. The summed E-state index contributed by atoms with van der Waals surface area (Å²) in [4.78, 5) is 5.07. The smallest absolute Gasteiger partial charge is 0.150 e. The average Bonchev–Trinajstić information content (AvgIpc) is 3.09. The Balaban J connectivity index is 0.00000182. The minimum absolute atomic E-state index is 0. The van der Waals surface area contributed by atoms with Gasteiger partial charge in [-0.1, -0.05) is 42.4 Å². The first kappa shape index (κ1) is 18.4. The first-order chi connectivity index (χ1) is 11.8. The molecule has 0 unspecified atom stereocenters. The predicted octanol–water partition coefficient (Wildman–Crippen LogP) is 2.92. The van der Waals surface area contributed by atoms with Crippen LogP contribution in [0.4, 0.5) is 0 Å². The molecule has 6 heteroatoms. The normalized spacial score (nSPS) is 24.5. The second-order valence-corrected chi connectivity index (χ2v) is 6.73. The third kappa shape index (κ3) is 4.06. The van der Waals surface area contributed by atoms with Crippen LogP contribution in [0.25, 0.3) is 0 Å². The second-order valence-electron chi connectivity index (χ2n) is 6.73. The summed E-state index contributed by atoms with van der Waals surface area (Å²) in [6.45, 7) is 7.70. The predicted molar refractivity (Wildman–Crippen MR) is 98.9 cm³/mol. The van der Waals surface area contributed by atoms with Crippen LogP contribution in [0.5, 0.6) is 0 Å². The summed E-state index contributed by atoms with van der Waals surface area (Å²) < 4.78 is 11.4. The summed E-state index contributed by atoms with van der Waals surface area (Å²) in [5, 5.41) is 4.10. The first-order valence-corrected chi connectivity index (χ1v) is 8.88. The van der Waals surface area contributed by atoms with Crippen LogP contribution in [0.1, 0.15) is 30.0 Å². The molecule has 2 atom stereocenters. The number of aromatic nitrogens is 1. The van der Waals surface area contributed by atoms with Gasteiger partial charge in [0, 0.05) is 31.7 Å². The minimum atomic E-state index is 0. The summed E-state index contributed by atoms with van der Waals surface area (Å²) in [5.74, 6) is 0.969. The van der Waals surface area contributed by atoms with Gasteiger partial charge in [0.05, 0.1) is 31.5 Å². The van der Waals surface area contributed by atoms with Gasteiger partial charge in [0.2, 0.25) is 0 Å². The van der Waals surface area contributed by atoms with Gasteiger partial charge in [0.15, 0.2) is 5.76 Å². The highest BCUT2D eigenvalue weighted by atomic mass is 35.5. The molecule has 2 aliphatic heterocycles. The number of hydrogen-bond acceptors (Lipinski definition) is 5. The standard InChI is InChI=1S/C19H25N3O2.ClH/c1-2-16-10-18(24-20-16)12-21-8-9-22-17(11-21)13-23-14-19(22)15-6-4-3-5-7-15;/h3-7,10,17,19H,2,8-9,11-14H2,1H3;1H/t17-,19-;/m1./s1. The summed E-state index contributed by atoms with van der Waals surface area (Å²) in [5.41, 5.74) is 2.40. The molecule has 4 rings (SSSR count). The third-order valence-electron chi connectivity index (χ3n) is 5.13. The van der Waals surface area contributed by atoms with E-state index in [1.54, 1.807) is 0 Å². The van der Waals surface area contributed by atoms with Gasteiger partial charge in [-0.25, -0.2) is 0 Å². The monoisotopic (exact) mass is 363 g/mol. The molecule has 0 saturated carbocycles. The van der Waals surface area contributed by atoms with Gasteiger partial charge >= 0.3 is 0 Å².